The van der Waals surface area contributed by atoms with Crippen LogP contribution < -0.4 is 22.1 Å². The minimum absolute atomic E-state index is 0.0147. The van der Waals surface area contributed by atoms with Crippen molar-refractivity contribution in [3.63, 3.8) is 0 Å². The molecule has 0 saturated heterocycles. The first kappa shape index (κ1) is 21.6. The summed E-state index contributed by atoms with van der Waals surface area (Å²) < 4.78 is 14.8. The molecular weight excluding hydrogens is 285 g/mol. The molecule has 0 aliphatic carbocycles. The van der Waals surface area contributed by atoms with Gasteiger partial charge >= 0.3 is 0 Å². The highest BCUT2D eigenvalue weighted by atomic mass is 31.2. The maximum absolute atomic E-state index is 10.1. The molecule has 1 unspecified atom stereocenters. The molecule has 20 heavy (non-hydrogen) atoms. The van der Waals surface area contributed by atoms with Crippen LogP contribution in [0.3, 0.4) is 0 Å². The number of rotatable bonds is 8. The molecule has 1 atom stereocenters. The first-order chi connectivity index (χ1) is 8.98. The van der Waals surface area contributed by atoms with Crippen LogP contribution >= 0.6 is 7.82 Å². The van der Waals surface area contributed by atoms with Crippen molar-refractivity contribution in [2.45, 2.75) is 12.8 Å². The zero-order valence-corrected chi connectivity index (χ0v) is 13.4. The van der Waals surface area contributed by atoms with Crippen molar-refractivity contribution in [3.05, 3.63) is 0 Å². The van der Waals surface area contributed by atoms with E-state index < -0.39 is 7.82 Å². The van der Waals surface area contributed by atoms with Gasteiger partial charge in [0.2, 0.25) is 0 Å². The Kier molecular flexibility index (Phi) is 11.9. The Hall–Kier alpha value is -0.700. The van der Waals surface area contributed by atoms with Crippen molar-refractivity contribution < 1.29 is 23.4 Å². The van der Waals surface area contributed by atoms with E-state index in [1.807, 2.05) is 21.1 Å². The third kappa shape index (κ3) is 26.0. The molecule has 0 spiro atoms. The summed E-state index contributed by atoms with van der Waals surface area (Å²) in [5, 5.41) is 0. The lowest BCUT2D eigenvalue weighted by Crippen LogP contribution is -2.37. The highest BCUT2D eigenvalue weighted by Gasteiger charge is 2.08. The molecule has 0 bridgehead atoms. The van der Waals surface area contributed by atoms with Crippen LogP contribution in [0, 0.1) is 0 Å². The number of phosphoric ester groups is 1. The molecule has 0 fully saturated rings. The zero-order chi connectivity index (χ0) is 16.2. The molecular formula is C10H28N5O4P. The molecule has 0 aliphatic heterocycles. The van der Waals surface area contributed by atoms with Gasteiger partial charge in [-0.3, -0.25) is 9.56 Å². The molecule has 7 N–H and O–H groups in total. The van der Waals surface area contributed by atoms with Gasteiger partial charge in [0, 0.05) is 6.54 Å². The number of hydrogen-bond donors (Lipinski definition) is 4. The summed E-state index contributed by atoms with van der Waals surface area (Å²) in [6.07, 6.45) is 1.95. The second-order valence-electron chi connectivity index (χ2n) is 5.12. The van der Waals surface area contributed by atoms with Gasteiger partial charge in [0.05, 0.1) is 21.1 Å². The van der Waals surface area contributed by atoms with Gasteiger partial charge < -0.3 is 36.0 Å². The molecule has 0 heterocycles. The summed E-state index contributed by atoms with van der Waals surface area (Å²) in [6.45, 7) is 1.95. The summed E-state index contributed by atoms with van der Waals surface area (Å²) in [6, 6.07) is 0. The minimum atomic E-state index is -4.51. The van der Waals surface area contributed by atoms with E-state index in [4.69, 9.17) is 22.1 Å². The third-order valence-corrected chi connectivity index (χ3v) is 2.43. The van der Waals surface area contributed by atoms with Crippen molar-refractivity contribution in [2.24, 2.45) is 22.2 Å². The Morgan fingerprint density at radius 2 is 1.90 bits per heavy atom. The van der Waals surface area contributed by atoms with Crippen LogP contribution in [0.5, 0.6) is 0 Å². The van der Waals surface area contributed by atoms with Crippen molar-refractivity contribution in [2.75, 3.05) is 47.4 Å². The summed E-state index contributed by atoms with van der Waals surface area (Å²) in [5.74, 6) is 0.159. The number of guanidine groups is 1. The van der Waals surface area contributed by atoms with E-state index in [0.29, 0.717) is 24.1 Å². The zero-order valence-electron chi connectivity index (χ0n) is 12.5. The number of nitrogens with two attached hydrogens (primary N) is 3. The summed E-state index contributed by atoms with van der Waals surface area (Å²) in [7, 11) is 1.19. The SMILES string of the molecule is C[N+](C)(C)CCOP(=O)([O-])O.NCCCCN=C(N)N. The van der Waals surface area contributed by atoms with Gasteiger partial charge in [-0.15, -0.1) is 0 Å². The largest absolute Gasteiger partial charge is 0.756 e. The molecule has 0 radical (unpaired) electrons. The molecule has 0 aromatic heterocycles. The maximum atomic E-state index is 10.1. The van der Waals surface area contributed by atoms with Gasteiger partial charge in [-0.2, -0.15) is 0 Å². The van der Waals surface area contributed by atoms with E-state index in [0.717, 1.165) is 12.8 Å². The summed E-state index contributed by atoms with van der Waals surface area (Å²) in [5.41, 5.74) is 15.4. The molecule has 10 heteroatoms. The predicted molar refractivity (Wildman–Crippen MR) is 77.6 cm³/mol. The van der Waals surface area contributed by atoms with Crippen LogP contribution in [-0.4, -0.2) is 62.7 Å². The number of quaternary nitrogens is 1. The molecule has 0 aromatic carbocycles. The summed E-state index contributed by atoms with van der Waals surface area (Å²) >= 11 is 0. The number of aliphatic imine (C=N–C) groups is 1. The number of phosphoric acid groups is 1. The highest BCUT2D eigenvalue weighted by Crippen LogP contribution is 2.29. The van der Waals surface area contributed by atoms with E-state index in [-0.39, 0.29) is 12.6 Å². The third-order valence-electron chi connectivity index (χ3n) is 1.92. The number of nitrogens with zero attached hydrogens (tertiary/aromatic N) is 2. The Balaban J connectivity index is 0. The smallest absolute Gasteiger partial charge is 0.265 e. The van der Waals surface area contributed by atoms with Gasteiger partial charge in [0.1, 0.15) is 13.2 Å². The quantitative estimate of drug-likeness (QED) is 0.135. The molecule has 0 aliphatic rings. The second kappa shape index (κ2) is 11.0. The van der Waals surface area contributed by atoms with Gasteiger partial charge in [0.25, 0.3) is 7.82 Å². The van der Waals surface area contributed by atoms with E-state index in [9.17, 15) is 9.46 Å². The molecule has 0 rings (SSSR count). The van der Waals surface area contributed by atoms with Crippen LogP contribution in [-0.2, 0) is 9.09 Å². The average Bonchev–Trinajstić information content (AvgIpc) is 2.21. The fraction of sp³-hybridized carbons (Fsp3) is 0.900. The van der Waals surface area contributed by atoms with Crippen molar-refractivity contribution >= 4 is 13.8 Å². The summed E-state index contributed by atoms with van der Waals surface area (Å²) in [4.78, 5) is 22.0. The van der Waals surface area contributed by atoms with E-state index in [2.05, 4.69) is 9.52 Å². The van der Waals surface area contributed by atoms with Crippen molar-refractivity contribution in [3.8, 4) is 0 Å². The van der Waals surface area contributed by atoms with Gasteiger partial charge in [-0.05, 0) is 19.4 Å². The average molecular weight is 313 g/mol. The minimum Gasteiger partial charge on any atom is -0.756 e. The Morgan fingerprint density at radius 3 is 2.25 bits per heavy atom. The topological polar surface area (TPSA) is 160 Å². The van der Waals surface area contributed by atoms with E-state index in [1.54, 1.807) is 0 Å². The van der Waals surface area contributed by atoms with Gasteiger partial charge in [-0.1, -0.05) is 0 Å². The first-order valence-corrected chi connectivity index (χ1v) is 7.72. The van der Waals surface area contributed by atoms with E-state index >= 15 is 0 Å². The fourth-order valence-electron chi connectivity index (χ4n) is 0.894. The maximum Gasteiger partial charge on any atom is 0.265 e. The van der Waals surface area contributed by atoms with Gasteiger partial charge in [0.15, 0.2) is 5.96 Å². The lowest BCUT2D eigenvalue weighted by atomic mass is 10.3. The van der Waals surface area contributed by atoms with Crippen molar-refractivity contribution in [1.82, 2.24) is 0 Å². The molecule has 0 aromatic rings. The number of hydrogen-bond acceptors (Lipinski definition) is 5. The predicted octanol–water partition coefficient (Wildman–Crippen LogP) is -1.83. The van der Waals surface area contributed by atoms with Gasteiger partial charge in [-0.25, -0.2) is 0 Å². The van der Waals surface area contributed by atoms with Crippen LogP contribution in [0.4, 0.5) is 0 Å². The second-order valence-corrected chi connectivity index (χ2v) is 6.31. The van der Waals surface area contributed by atoms with E-state index in [1.165, 1.54) is 0 Å². The van der Waals surface area contributed by atoms with Crippen molar-refractivity contribution in [1.29, 1.82) is 0 Å². The molecule has 0 saturated carbocycles. The Labute approximate surface area is 120 Å². The normalized spacial score (nSPS) is 13.9. The lowest BCUT2D eigenvalue weighted by Gasteiger charge is -2.25. The standard InChI is InChI=1S/C5H14N4.C5H14NO4P/c6-3-1-2-4-9-5(7)8;1-6(2,3)4-5-10-11(7,8)9/h1-4,6H2,(H4,7,8,9);4-5H2,1-3H3,(H-,7,8,9). The first-order valence-electron chi connectivity index (χ1n) is 6.22. The van der Waals surface area contributed by atoms with Crippen LogP contribution in [0.25, 0.3) is 0 Å². The van der Waals surface area contributed by atoms with Crippen LogP contribution in [0.1, 0.15) is 12.8 Å². The fourth-order valence-corrected chi connectivity index (χ4v) is 1.21. The monoisotopic (exact) mass is 313 g/mol. The lowest BCUT2D eigenvalue weighted by molar-refractivity contribution is -0.870. The molecule has 9 nitrogen and oxygen atoms in total. The molecule has 0 amide bonds. The highest BCUT2D eigenvalue weighted by molar-refractivity contribution is 7.44. The number of likely N-dealkylation sites (N-methyl/N-ethyl adjacent to an activating group) is 1. The Bertz CT molecular complexity index is 309. The molecule has 122 valence electrons. The number of unbranched alkanes of at least 4 members (excludes halogenated alkanes) is 1. The van der Waals surface area contributed by atoms with Crippen LogP contribution in [0.2, 0.25) is 0 Å². The Morgan fingerprint density at radius 1 is 1.35 bits per heavy atom. The van der Waals surface area contributed by atoms with Crippen LogP contribution in [0.15, 0.2) is 4.99 Å².